The Labute approximate surface area is 135 Å². The van der Waals surface area contributed by atoms with Crippen LogP contribution in [0.2, 0.25) is 0 Å². The number of amides is 1. The van der Waals surface area contributed by atoms with Crippen molar-refractivity contribution in [2.45, 2.75) is 57.7 Å². The second-order valence-corrected chi connectivity index (χ2v) is 6.59. The van der Waals surface area contributed by atoms with Crippen LogP contribution in [-0.2, 0) is 25.9 Å². The molecule has 0 saturated carbocycles. The van der Waals surface area contributed by atoms with E-state index in [9.17, 15) is 4.79 Å². The molecule has 2 aromatic heterocycles. The summed E-state index contributed by atoms with van der Waals surface area (Å²) in [5.41, 5.74) is 9.84. The standard InChI is InChI=1S/C18H23N3O2/c19-18(22)14-10-12(21-8-2-1-5-16(14)21)11-20-15-4-3-6-17-13(15)7-9-23-17/h7,9-10,15,20H,1-6,8,11H2,(H2,19,22). The maximum absolute atomic E-state index is 11.7. The summed E-state index contributed by atoms with van der Waals surface area (Å²) in [6, 6.07) is 4.40. The Hall–Kier alpha value is -2.01. The van der Waals surface area contributed by atoms with Gasteiger partial charge >= 0.3 is 0 Å². The van der Waals surface area contributed by atoms with Gasteiger partial charge in [-0.05, 0) is 44.2 Å². The van der Waals surface area contributed by atoms with Crippen LogP contribution in [0.5, 0.6) is 0 Å². The maximum Gasteiger partial charge on any atom is 0.250 e. The number of fused-ring (bicyclic) bond motifs is 2. The third kappa shape index (κ3) is 2.59. The zero-order valence-electron chi connectivity index (χ0n) is 13.3. The van der Waals surface area contributed by atoms with E-state index in [4.69, 9.17) is 10.2 Å². The van der Waals surface area contributed by atoms with Crippen LogP contribution in [0.15, 0.2) is 22.8 Å². The van der Waals surface area contributed by atoms with E-state index in [2.05, 4.69) is 16.0 Å². The molecule has 1 amide bonds. The first kappa shape index (κ1) is 14.6. The van der Waals surface area contributed by atoms with Crippen molar-refractivity contribution in [1.29, 1.82) is 0 Å². The summed E-state index contributed by atoms with van der Waals surface area (Å²) in [6.07, 6.45) is 8.36. The molecule has 23 heavy (non-hydrogen) atoms. The Bertz CT molecular complexity index is 729. The number of rotatable bonds is 4. The molecule has 5 heteroatoms. The van der Waals surface area contributed by atoms with Gasteiger partial charge in [0.2, 0.25) is 0 Å². The van der Waals surface area contributed by atoms with E-state index in [0.717, 1.165) is 56.6 Å². The minimum absolute atomic E-state index is 0.309. The van der Waals surface area contributed by atoms with Gasteiger partial charge in [0, 0.05) is 42.5 Å². The van der Waals surface area contributed by atoms with Crippen LogP contribution < -0.4 is 11.1 Å². The second-order valence-electron chi connectivity index (χ2n) is 6.59. The van der Waals surface area contributed by atoms with Gasteiger partial charge in [0.25, 0.3) is 5.91 Å². The summed E-state index contributed by atoms with van der Waals surface area (Å²) in [7, 11) is 0. The van der Waals surface area contributed by atoms with Crippen molar-refractivity contribution in [3.05, 3.63) is 46.7 Å². The maximum atomic E-state index is 11.7. The molecule has 0 fully saturated rings. The molecule has 1 aliphatic heterocycles. The number of aryl methyl sites for hydroxylation is 1. The highest BCUT2D eigenvalue weighted by Crippen LogP contribution is 2.31. The molecule has 1 unspecified atom stereocenters. The average Bonchev–Trinajstić information content (AvgIpc) is 3.18. The van der Waals surface area contributed by atoms with Crippen molar-refractivity contribution >= 4 is 5.91 Å². The first-order valence-electron chi connectivity index (χ1n) is 8.55. The van der Waals surface area contributed by atoms with Gasteiger partial charge < -0.3 is 20.0 Å². The zero-order valence-corrected chi connectivity index (χ0v) is 13.3. The quantitative estimate of drug-likeness (QED) is 0.911. The SMILES string of the molecule is NC(=O)c1cc(CNC2CCCc3occc32)n2c1CCCC2. The smallest absolute Gasteiger partial charge is 0.250 e. The van der Waals surface area contributed by atoms with Crippen molar-refractivity contribution in [2.24, 2.45) is 5.73 Å². The van der Waals surface area contributed by atoms with Crippen LogP contribution >= 0.6 is 0 Å². The summed E-state index contributed by atoms with van der Waals surface area (Å²) in [5.74, 6) is 0.806. The highest BCUT2D eigenvalue weighted by Gasteiger charge is 2.24. The van der Waals surface area contributed by atoms with E-state index in [1.807, 2.05) is 6.07 Å². The minimum Gasteiger partial charge on any atom is -0.469 e. The molecule has 0 radical (unpaired) electrons. The van der Waals surface area contributed by atoms with Crippen molar-refractivity contribution < 1.29 is 9.21 Å². The molecule has 0 saturated heterocycles. The van der Waals surface area contributed by atoms with E-state index in [1.165, 1.54) is 17.7 Å². The number of hydrogen-bond donors (Lipinski definition) is 2. The number of hydrogen-bond acceptors (Lipinski definition) is 3. The summed E-state index contributed by atoms with van der Waals surface area (Å²) in [5, 5.41) is 3.65. The van der Waals surface area contributed by atoms with Gasteiger partial charge in [-0.25, -0.2) is 0 Å². The lowest BCUT2D eigenvalue weighted by molar-refractivity contribution is 0.0999. The van der Waals surface area contributed by atoms with Gasteiger partial charge in [0.1, 0.15) is 5.76 Å². The molecule has 0 bridgehead atoms. The van der Waals surface area contributed by atoms with Crippen LogP contribution in [0, 0.1) is 0 Å². The molecule has 0 aromatic carbocycles. The summed E-state index contributed by atoms with van der Waals surface area (Å²) < 4.78 is 7.85. The van der Waals surface area contributed by atoms with E-state index in [1.54, 1.807) is 6.26 Å². The number of nitrogens with two attached hydrogens (primary N) is 1. The molecule has 2 aromatic rings. The third-order valence-corrected chi connectivity index (χ3v) is 5.19. The van der Waals surface area contributed by atoms with Crippen molar-refractivity contribution in [1.82, 2.24) is 9.88 Å². The largest absolute Gasteiger partial charge is 0.469 e. The monoisotopic (exact) mass is 313 g/mol. The molecular weight excluding hydrogens is 290 g/mol. The predicted octanol–water partition coefficient (Wildman–Crippen LogP) is 2.68. The van der Waals surface area contributed by atoms with Gasteiger partial charge in [0.05, 0.1) is 11.8 Å². The number of carbonyl (C=O) groups is 1. The van der Waals surface area contributed by atoms with Crippen molar-refractivity contribution in [3.8, 4) is 0 Å². The van der Waals surface area contributed by atoms with Crippen LogP contribution in [0.1, 0.15) is 64.8 Å². The van der Waals surface area contributed by atoms with E-state index < -0.39 is 0 Å². The molecule has 3 heterocycles. The number of carbonyl (C=O) groups excluding carboxylic acids is 1. The summed E-state index contributed by atoms with van der Waals surface area (Å²) in [6.45, 7) is 1.75. The summed E-state index contributed by atoms with van der Waals surface area (Å²) >= 11 is 0. The Balaban J connectivity index is 1.55. The molecule has 1 atom stereocenters. The third-order valence-electron chi connectivity index (χ3n) is 5.19. The van der Waals surface area contributed by atoms with Crippen molar-refractivity contribution in [2.75, 3.05) is 0 Å². The molecule has 0 spiro atoms. The Morgan fingerprint density at radius 2 is 2.26 bits per heavy atom. The van der Waals surface area contributed by atoms with Gasteiger partial charge in [-0.2, -0.15) is 0 Å². The van der Waals surface area contributed by atoms with Gasteiger partial charge in [-0.15, -0.1) is 0 Å². The molecule has 122 valence electrons. The van der Waals surface area contributed by atoms with Crippen LogP contribution in [0.25, 0.3) is 0 Å². The summed E-state index contributed by atoms with van der Waals surface area (Å²) in [4.78, 5) is 11.7. The number of primary amides is 1. The average molecular weight is 313 g/mol. The number of nitrogens with one attached hydrogen (secondary N) is 1. The predicted molar refractivity (Wildman–Crippen MR) is 87.1 cm³/mol. The van der Waals surface area contributed by atoms with E-state index in [0.29, 0.717) is 11.6 Å². The van der Waals surface area contributed by atoms with Crippen LogP contribution in [0.4, 0.5) is 0 Å². The molecule has 3 N–H and O–H groups in total. The van der Waals surface area contributed by atoms with Crippen molar-refractivity contribution in [3.63, 3.8) is 0 Å². The highest BCUT2D eigenvalue weighted by molar-refractivity contribution is 5.94. The first-order chi connectivity index (χ1) is 11.2. The Kier molecular flexibility index (Phi) is 3.73. The molecule has 2 aliphatic rings. The topological polar surface area (TPSA) is 73.2 Å². The number of aromatic nitrogens is 1. The van der Waals surface area contributed by atoms with Gasteiger partial charge in [-0.3, -0.25) is 4.79 Å². The lowest BCUT2D eigenvalue weighted by Crippen LogP contribution is -2.26. The molecular formula is C18H23N3O2. The molecule has 4 rings (SSSR count). The van der Waals surface area contributed by atoms with Gasteiger partial charge in [-0.1, -0.05) is 0 Å². The normalized spacial score (nSPS) is 20.1. The first-order valence-corrected chi connectivity index (χ1v) is 8.55. The Morgan fingerprint density at radius 1 is 1.35 bits per heavy atom. The van der Waals surface area contributed by atoms with E-state index >= 15 is 0 Å². The van der Waals surface area contributed by atoms with Gasteiger partial charge in [0.15, 0.2) is 0 Å². The molecule has 1 aliphatic carbocycles. The Morgan fingerprint density at radius 3 is 3.13 bits per heavy atom. The van der Waals surface area contributed by atoms with E-state index in [-0.39, 0.29) is 5.91 Å². The minimum atomic E-state index is -0.309. The number of nitrogens with zero attached hydrogens (tertiary/aromatic N) is 1. The lowest BCUT2D eigenvalue weighted by Gasteiger charge is -2.24. The zero-order chi connectivity index (χ0) is 15.8. The fraction of sp³-hybridized carbons (Fsp3) is 0.500. The fourth-order valence-electron chi connectivity index (χ4n) is 4.04. The van der Waals surface area contributed by atoms with Crippen LogP contribution in [-0.4, -0.2) is 10.5 Å². The lowest BCUT2D eigenvalue weighted by atomic mass is 9.93. The fourth-order valence-corrected chi connectivity index (χ4v) is 4.04. The molecule has 5 nitrogen and oxygen atoms in total. The second kappa shape index (κ2) is 5.89. The number of furan rings is 1. The van der Waals surface area contributed by atoms with Crippen LogP contribution in [0.3, 0.4) is 0 Å². The highest BCUT2D eigenvalue weighted by atomic mass is 16.3.